The van der Waals surface area contributed by atoms with Crippen LogP contribution in [0.4, 0.5) is 16.2 Å². The fourth-order valence-electron chi connectivity index (χ4n) is 5.27. The van der Waals surface area contributed by atoms with E-state index in [1.54, 1.807) is 55.6 Å². The Kier molecular flexibility index (Phi) is 5.76. The average molecular weight is 450 g/mol. The number of nitrogens with zero attached hydrogens (tertiary/aromatic N) is 2. The number of carbonyl (C=O) groups is 3. The van der Waals surface area contributed by atoms with Crippen molar-refractivity contribution in [2.24, 2.45) is 5.92 Å². The van der Waals surface area contributed by atoms with Crippen LogP contribution in [-0.4, -0.2) is 54.6 Å². The zero-order chi connectivity index (χ0) is 22.9. The van der Waals surface area contributed by atoms with Gasteiger partial charge < -0.3 is 19.7 Å². The standard InChI is InChI=1S/C25H27N3O5/c1-32-18-13-11-16(12-14-18)26-21(29)15-27-22-19-9-5-6-10-20(19)33-23(22)24(30)28(25(27)31)17-7-3-2-4-8-17/h2-4,7-8,11-14,19-20,22-23H,5-6,9-10,15H2,1H3,(H,26,29). The fourth-order valence-corrected chi connectivity index (χ4v) is 5.27. The highest BCUT2D eigenvalue weighted by Gasteiger charge is 2.57. The van der Waals surface area contributed by atoms with Crippen molar-refractivity contribution in [3.63, 3.8) is 0 Å². The number of nitrogens with one attached hydrogen (secondary N) is 1. The van der Waals surface area contributed by atoms with Crippen LogP contribution in [0.2, 0.25) is 0 Å². The number of benzene rings is 2. The number of anilines is 2. The molecule has 1 saturated carbocycles. The molecule has 33 heavy (non-hydrogen) atoms. The summed E-state index contributed by atoms with van der Waals surface area (Å²) in [4.78, 5) is 42.6. The number of carbonyl (C=O) groups excluding carboxylic acids is 3. The molecule has 8 nitrogen and oxygen atoms in total. The van der Waals surface area contributed by atoms with Gasteiger partial charge in [-0.05, 0) is 49.2 Å². The van der Waals surface area contributed by atoms with Crippen molar-refractivity contribution >= 4 is 29.2 Å². The second-order valence-corrected chi connectivity index (χ2v) is 8.73. The number of ether oxygens (including phenoxy) is 2. The lowest BCUT2D eigenvalue weighted by Gasteiger charge is -2.42. The van der Waals surface area contributed by atoms with Crippen LogP contribution in [0.3, 0.4) is 0 Å². The van der Waals surface area contributed by atoms with Crippen molar-refractivity contribution in [1.29, 1.82) is 0 Å². The number of urea groups is 1. The Balaban J connectivity index is 1.42. The van der Waals surface area contributed by atoms with Crippen LogP contribution in [0.25, 0.3) is 0 Å². The molecule has 4 unspecified atom stereocenters. The van der Waals surface area contributed by atoms with Gasteiger partial charge in [0.15, 0.2) is 6.10 Å². The van der Waals surface area contributed by atoms with Crippen molar-refractivity contribution in [3.8, 4) is 5.75 Å². The van der Waals surface area contributed by atoms with E-state index in [0.29, 0.717) is 17.1 Å². The molecule has 2 aromatic rings. The first-order valence-electron chi connectivity index (χ1n) is 11.4. The number of imide groups is 1. The molecule has 4 amide bonds. The van der Waals surface area contributed by atoms with Crippen molar-refractivity contribution in [1.82, 2.24) is 4.90 Å². The van der Waals surface area contributed by atoms with E-state index >= 15 is 0 Å². The molecule has 172 valence electrons. The van der Waals surface area contributed by atoms with Gasteiger partial charge in [0.05, 0.1) is 24.9 Å². The summed E-state index contributed by atoms with van der Waals surface area (Å²) in [5.74, 6) is 0.0696. The molecule has 3 aliphatic rings. The second-order valence-electron chi connectivity index (χ2n) is 8.73. The number of rotatable bonds is 5. The molecule has 0 radical (unpaired) electrons. The Morgan fingerprint density at radius 2 is 1.79 bits per heavy atom. The lowest BCUT2D eigenvalue weighted by molar-refractivity contribution is -0.133. The van der Waals surface area contributed by atoms with E-state index in [9.17, 15) is 14.4 Å². The molecule has 1 N–H and O–H groups in total. The monoisotopic (exact) mass is 449 g/mol. The van der Waals surface area contributed by atoms with Gasteiger partial charge in [0.2, 0.25) is 5.91 Å². The summed E-state index contributed by atoms with van der Waals surface area (Å²) in [5, 5.41) is 2.85. The third-order valence-corrected chi connectivity index (χ3v) is 6.79. The molecular formula is C25H27N3O5. The van der Waals surface area contributed by atoms with E-state index in [4.69, 9.17) is 9.47 Å². The smallest absolute Gasteiger partial charge is 0.332 e. The lowest BCUT2D eigenvalue weighted by atomic mass is 9.81. The van der Waals surface area contributed by atoms with E-state index in [0.717, 1.165) is 30.6 Å². The second kappa shape index (κ2) is 8.86. The first-order chi connectivity index (χ1) is 16.1. The van der Waals surface area contributed by atoms with Crippen molar-refractivity contribution in [2.75, 3.05) is 23.9 Å². The van der Waals surface area contributed by atoms with Crippen LogP contribution in [0.1, 0.15) is 25.7 Å². The summed E-state index contributed by atoms with van der Waals surface area (Å²) >= 11 is 0. The molecule has 0 bridgehead atoms. The Labute approximate surface area is 192 Å². The minimum absolute atomic E-state index is 0.0587. The number of hydrogen-bond acceptors (Lipinski definition) is 5. The highest BCUT2D eigenvalue weighted by atomic mass is 16.5. The van der Waals surface area contributed by atoms with Gasteiger partial charge in [0.1, 0.15) is 12.3 Å². The topological polar surface area (TPSA) is 88.2 Å². The number of amides is 4. The quantitative estimate of drug-likeness (QED) is 0.756. The van der Waals surface area contributed by atoms with Crippen molar-refractivity contribution < 1.29 is 23.9 Å². The van der Waals surface area contributed by atoms with Gasteiger partial charge in [0.25, 0.3) is 5.91 Å². The van der Waals surface area contributed by atoms with Gasteiger partial charge in [-0.25, -0.2) is 9.69 Å². The molecule has 2 saturated heterocycles. The SMILES string of the molecule is COc1ccc(NC(=O)CN2C(=O)N(c3ccccc3)C(=O)C3OC4CCCCC4C32)cc1. The molecule has 0 spiro atoms. The van der Waals surface area contributed by atoms with Gasteiger partial charge in [0, 0.05) is 11.6 Å². The summed E-state index contributed by atoms with van der Waals surface area (Å²) < 4.78 is 11.4. The molecule has 2 aromatic carbocycles. The molecular weight excluding hydrogens is 422 g/mol. The third-order valence-electron chi connectivity index (χ3n) is 6.79. The summed E-state index contributed by atoms with van der Waals surface area (Å²) in [6.45, 7) is -0.158. The zero-order valence-corrected chi connectivity index (χ0v) is 18.5. The minimum atomic E-state index is -0.759. The molecule has 2 aliphatic heterocycles. The van der Waals surface area contributed by atoms with E-state index in [2.05, 4.69) is 5.32 Å². The summed E-state index contributed by atoms with van der Waals surface area (Å²) in [5.41, 5.74) is 1.08. The molecule has 1 aliphatic carbocycles. The van der Waals surface area contributed by atoms with Crippen LogP contribution >= 0.6 is 0 Å². The first kappa shape index (κ1) is 21.5. The maximum Gasteiger partial charge on any atom is 0.332 e. The van der Waals surface area contributed by atoms with Crippen LogP contribution in [0.15, 0.2) is 54.6 Å². The largest absolute Gasteiger partial charge is 0.497 e. The molecule has 5 rings (SSSR count). The van der Waals surface area contributed by atoms with Gasteiger partial charge in [-0.1, -0.05) is 31.0 Å². The number of methoxy groups -OCH3 is 1. The van der Waals surface area contributed by atoms with Gasteiger partial charge in [-0.3, -0.25) is 9.59 Å². The molecule has 0 aromatic heterocycles. The van der Waals surface area contributed by atoms with E-state index < -0.39 is 18.2 Å². The van der Waals surface area contributed by atoms with E-state index in [-0.39, 0.29) is 30.4 Å². The predicted molar refractivity (Wildman–Crippen MR) is 122 cm³/mol. The summed E-state index contributed by atoms with van der Waals surface area (Å²) in [7, 11) is 1.58. The van der Waals surface area contributed by atoms with Crippen molar-refractivity contribution in [3.05, 3.63) is 54.6 Å². The lowest BCUT2D eigenvalue weighted by Crippen LogP contribution is -2.65. The molecule has 3 fully saturated rings. The van der Waals surface area contributed by atoms with Gasteiger partial charge in [-0.2, -0.15) is 0 Å². The first-order valence-corrected chi connectivity index (χ1v) is 11.4. The van der Waals surface area contributed by atoms with Gasteiger partial charge in [-0.15, -0.1) is 0 Å². The molecule has 4 atom stereocenters. The maximum absolute atomic E-state index is 13.6. The summed E-state index contributed by atoms with van der Waals surface area (Å²) in [6, 6.07) is 14.9. The van der Waals surface area contributed by atoms with Crippen LogP contribution in [0, 0.1) is 5.92 Å². The summed E-state index contributed by atoms with van der Waals surface area (Å²) in [6.07, 6.45) is 3.01. The Morgan fingerprint density at radius 1 is 1.06 bits per heavy atom. The predicted octanol–water partition coefficient (Wildman–Crippen LogP) is 3.43. The molecule has 2 heterocycles. The van der Waals surface area contributed by atoms with Crippen LogP contribution in [0.5, 0.6) is 5.75 Å². The average Bonchev–Trinajstić information content (AvgIpc) is 3.23. The highest BCUT2D eigenvalue weighted by molar-refractivity contribution is 6.18. The van der Waals surface area contributed by atoms with E-state index in [1.165, 1.54) is 4.90 Å². The third kappa shape index (κ3) is 3.95. The highest BCUT2D eigenvalue weighted by Crippen LogP contribution is 2.43. The Morgan fingerprint density at radius 3 is 2.52 bits per heavy atom. The minimum Gasteiger partial charge on any atom is -0.497 e. The Hall–Kier alpha value is -3.39. The van der Waals surface area contributed by atoms with Crippen LogP contribution < -0.4 is 15.0 Å². The van der Waals surface area contributed by atoms with E-state index in [1.807, 2.05) is 6.07 Å². The maximum atomic E-state index is 13.6. The fraction of sp³-hybridized carbons (Fsp3) is 0.400. The number of hydrogen-bond donors (Lipinski definition) is 1. The molecule has 8 heteroatoms. The number of para-hydroxylation sites is 1. The normalized spacial score (nSPS) is 26.6. The zero-order valence-electron chi connectivity index (χ0n) is 18.5. The van der Waals surface area contributed by atoms with Crippen LogP contribution in [-0.2, 0) is 14.3 Å². The van der Waals surface area contributed by atoms with Crippen molar-refractivity contribution in [2.45, 2.75) is 43.9 Å². The Bertz CT molecular complexity index is 1040. The van der Waals surface area contributed by atoms with Gasteiger partial charge >= 0.3 is 6.03 Å². The number of fused-ring (bicyclic) bond motifs is 3.